The molecule has 2 aromatic carbocycles. The molecule has 0 atom stereocenters. The van der Waals surface area contributed by atoms with Gasteiger partial charge in [-0.1, -0.05) is 31.0 Å². The number of nitrogens with one attached hydrogen (secondary N) is 1. The first-order chi connectivity index (χ1) is 14.3. The average Bonchev–Trinajstić information content (AvgIpc) is 3.43. The highest BCUT2D eigenvalue weighted by Crippen LogP contribution is 2.42. The Kier molecular flexibility index (Phi) is 5.15. The summed E-state index contributed by atoms with van der Waals surface area (Å²) >= 11 is 0. The standard InChI is InChI=1S/C21H23N5O3S/c1-15-8-9-16(2)19(12-15)30(28,29)21(10-3-4-11-21)20(27)23-17-6-5-7-18(13-17)26-14-22-24-25-26/h5-9,12-14H,3-4,10-11H2,1-2H3,(H,23,27). The van der Waals surface area contributed by atoms with Crippen LogP contribution in [0.2, 0.25) is 0 Å². The molecule has 8 nitrogen and oxygen atoms in total. The van der Waals surface area contributed by atoms with Gasteiger partial charge >= 0.3 is 0 Å². The molecule has 1 aliphatic rings. The fourth-order valence-electron chi connectivity index (χ4n) is 4.02. The van der Waals surface area contributed by atoms with Crippen molar-refractivity contribution in [3.63, 3.8) is 0 Å². The third kappa shape index (κ3) is 3.39. The van der Waals surface area contributed by atoms with E-state index in [-0.39, 0.29) is 4.90 Å². The van der Waals surface area contributed by atoms with Crippen molar-refractivity contribution in [2.24, 2.45) is 0 Å². The molecule has 3 aromatic rings. The predicted molar refractivity (Wildman–Crippen MR) is 112 cm³/mol. The van der Waals surface area contributed by atoms with Gasteiger partial charge in [0.2, 0.25) is 5.91 Å². The van der Waals surface area contributed by atoms with Crippen LogP contribution in [-0.4, -0.2) is 39.3 Å². The van der Waals surface area contributed by atoms with Crippen molar-refractivity contribution in [2.45, 2.75) is 49.2 Å². The second-order valence-electron chi connectivity index (χ2n) is 7.73. The van der Waals surface area contributed by atoms with Gasteiger partial charge in [0, 0.05) is 5.69 Å². The Morgan fingerprint density at radius 1 is 1.10 bits per heavy atom. The van der Waals surface area contributed by atoms with Crippen molar-refractivity contribution in [3.05, 3.63) is 59.9 Å². The Hall–Kier alpha value is -3.07. The van der Waals surface area contributed by atoms with Gasteiger partial charge in [-0.05, 0) is 72.5 Å². The van der Waals surface area contributed by atoms with Crippen LogP contribution in [0.5, 0.6) is 0 Å². The molecule has 4 rings (SSSR count). The second-order valence-corrected chi connectivity index (χ2v) is 9.96. The molecule has 1 N–H and O–H groups in total. The van der Waals surface area contributed by atoms with Crippen LogP contribution in [-0.2, 0) is 14.6 Å². The van der Waals surface area contributed by atoms with Crippen LogP contribution in [0.1, 0.15) is 36.8 Å². The highest BCUT2D eigenvalue weighted by molar-refractivity contribution is 7.93. The first-order valence-electron chi connectivity index (χ1n) is 9.80. The summed E-state index contributed by atoms with van der Waals surface area (Å²) in [5, 5.41) is 13.9. The van der Waals surface area contributed by atoms with E-state index < -0.39 is 20.5 Å². The molecule has 30 heavy (non-hydrogen) atoms. The molecule has 0 radical (unpaired) electrons. The van der Waals surface area contributed by atoms with Crippen molar-refractivity contribution < 1.29 is 13.2 Å². The Morgan fingerprint density at radius 3 is 2.57 bits per heavy atom. The van der Waals surface area contributed by atoms with E-state index in [0.717, 1.165) is 5.56 Å². The summed E-state index contributed by atoms with van der Waals surface area (Å²) in [5.74, 6) is -0.491. The minimum absolute atomic E-state index is 0.238. The van der Waals surface area contributed by atoms with E-state index in [0.29, 0.717) is 42.6 Å². The number of anilines is 1. The zero-order valence-corrected chi connectivity index (χ0v) is 17.7. The molecule has 1 fully saturated rings. The molecule has 1 aromatic heterocycles. The van der Waals surface area contributed by atoms with E-state index in [9.17, 15) is 13.2 Å². The maximum Gasteiger partial charge on any atom is 0.246 e. The summed E-state index contributed by atoms with van der Waals surface area (Å²) in [6, 6.07) is 12.3. The van der Waals surface area contributed by atoms with E-state index in [4.69, 9.17) is 0 Å². The zero-order chi connectivity index (χ0) is 21.4. The van der Waals surface area contributed by atoms with Crippen LogP contribution in [0.3, 0.4) is 0 Å². The lowest BCUT2D eigenvalue weighted by Crippen LogP contribution is -2.47. The lowest BCUT2D eigenvalue weighted by atomic mass is 10.1. The van der Waals surface area contributed by atoms with Crippen molar-refractivity contribution in [1.29, 1.82) is 0 Å². The molecule has 0 aliphatic heterocycles. The number of hydrogen-bond acceptors (Lipinski definition) is 6. The largest absolute Gasteiger partial charge is 0.325 e. The number of hydrogen-bond donors (Lipinski definition) is 1. The van der Waals surface area contributed by atoms with Gasteiger partial charge in [-0.15, -0.1) is 5.10 Å². The van der Waals surface area contributed by atoms with Gasteiger partial charge in [0.1, 0.15) is 6.33 Å². The van der Waals surface area contributed by atoms with Crippen LogP contribution in [0, 0.1) is 13.8 Å². The van der Waals surface area contributed by atoms with Crippen molar-refractivity contribution in [3.8, 4) is 5.69 Å². The molecule has 1 saturated carbocycles. The summed E-state index contributed by atoms with van der Waals surface area (Å²) in [5.41, 5.74) is 2.66. The topological polar surface area (TPSA) is 107 Å². The Balaban J connectivity index is 1.70. The Bertz CT molecular complexity index is 1180. The molecule has 9 heteroatoms. The SMILES string of the molecule is Cc1ccc(C)c(S(=O)(=O)C2(C(=O)Nc3cccc(-n4cnnn4)c3)CCCC2)c1. The Morgan fingerprint density at radius 2 is 1.87 bits per heavy atom. The van der Waals surface area contributed by atoms with Gasteiger partial charge in [-0.25, -0.2) is 13.1 Å². The summed E-state index contributed by atoms with van der Waals surface area (Å²) in [6.07, 6.45) is 3.46. The maximum absolute atomic E-state index is 13.7. The maximum atomic E-state index is 13.7. The number of carbonyl (C=O) groups is 1. The zero-order valence-electron chi connectivity index (χ0n) is 16.9. The number of nitrogens with zero attached hydrogens (tertiary/aromatic N) is 4. The Labute approximate surface area is 175 Å². The molecule has 0 bridgehead atoms. The molecule has 1 heterocycles. The van der Waals surface area contributed by atoms with Gasteiger partial charge < -0.3 is 5.32 Å². The van der Waals surface area contributed by atoms with E-state index in [1.165, 1.54) is 11.0 Å². The number of amides is 1. The second kappa shape index (κ2) is 7.64. The average molecular weight is 426 g/mol. The summed E-state index contributed by atoms with van der Waals surface area (Å²) in [7, 11) is -3.88. The number of tetrazole rings is 1. The molecule has 0 spiro atoms. The van der Waals surface area contributed by atoms with Crippen molar-refractivity contribution in [1.82, 2.24) is 20.2 Å². The summed E-state index contributed by atoms with van der Waals surface area (Å²) in [4.78, 5) is 13.7. The fourth-order valence-corrected chi connectivity index (χ4v) is 6.40. The highest BCUT2D eigenvalue weighted by atomic mass is 32.2. The first kappa shape index (κ1) is 20.2. The number of benzene rings is 2. The smallest absolute Gasteiger partial charge is 0.246 e. The minimum Gasteiger partial charge on any atom is -0.325 e. The number of aromatic nitrogens is 4. The molecule has 0 saturated heterocycles. The molecule has 156 valence electrons. The van der Waals surface area contributed by atoms with E-state index in [1.54, 1.807) is 43.3 Å². The number of sulfone groups is 1. The lowest BCUT2D eigenvalue weighted by Gasteiger charge is -2.28. The van der Waals surface area contributed by atoms with Gasteiger partial charge in [0.25, 0.3) is 0 Å². The molecule has 0 unspecified atom stereocenters. The van der Waals surface area contributed by atoms with E-state index in [2.05, 4.69) is 20.8 Å². The molecular weight excluding hydrogens is 402 g/mol. The van der Waals surface area contributed by atoms with E-state index in [1.807, 2.05) is 13.0 Å². The molecule has 1 amide bonds. The summed E-state index contributed by atoms with van der Waals surface area (Å²) < 4.78 is 27.4. The van der Waals surface area contributed by atoms with E-state index >= 15 is 0 Å². The van der Waals surface area contributed by atoms with Crippen LogP contribution < -0.4 is 5.32 Å². The van der Waals surface area contributed by atoms with Crippen molar-refractivity contribution in [2.75, 3.05) is 5.32 Å². The number of rotatable bonds is 5. The van der Waals surface area contributed by atoms with Crippen LogP contribution >= 0.6 is 0 Å². The first-order valence-corrected chi connectivity index (χ1v) is 11.3. The summed E-state index contributed by atoms with van der Waals surface area (Å²) in [6.45, 7) is 3.62. The van der Waals surface area contributed by atoms with Crippen LogP contribution in [0.25, 0.3) is 5.69 Å². The fraction of sp³-hybridized carbons (Fsp3) is 0.333. The molecular formula is C21H23N5O3S. The van der Waals surface area contributed by atoms with Gasteiger partial charge in [0.15, 0.2) is 14.6 Å². The van der Waals surface area contributed by atoms with Gasteiger partial charge in [-0.2, -0.15) is 0 Å². The van der Waals surface area contributed by atoms with Gasteiger partial charge in [-0.3, -0.25) is 4.79 Å². The quantitative estimate of drug-likeness (QED) is 0.673. The van der Waals surface area contributed by atoms with Crippen LogP contribution in [0.4, 0.5) is 5.69 Å². The lowest BCUT2D eigenvalue weighted by molar-refractivity contribution is -0.118. The van der Waals surface area contributed by atoms with Crippen molar-refractivity contribution >= 4 is 21.4 Å². The normalized spacial score (nSPS) is 15.8. The predicted octanol–water partition coefficient (Wildman–Crippen LogP) is 3.00. The third-order valence-corrected chi connectivity index (χ3v) is 8.33. The molecule has 1 aliphatic carbocycles. The highest BCUT2D eigenvalue weighted by Gasteiger charge is 2.53. The van der Waals surface area contributed by atoms with Gasteiger partial charge in [0.05, 0.1) is 10.6 Å². The third-order valence-electron chi connectivity index (χ3n) is 5.69. The number of aryl methyl sites for hydroxylation is 2. The monoisotopic (exact) mass is 425 g/mol. The minimum atomic E-state index is -3.88. The van der Waals surface area contributed by atoms with Crippen LogP contribution in [0.15, 0.2) is 53.7 Å². The number of carbonyl (C=O) groups excluding carboxylic acids is 1.